The number of hydrazine groups is 1. The molecule has 1 unspecified atom stereocenters. The molecule has 1 atom stereocenters. The van der Waals surface area contributed by atoms with Gasteiger partial charge in [-0.1, -0.05) is 23.2 Å². The maximum absolute atomic E-state index is 6.07. The number of thiophene rings is 1. The fraction of sp³-hybridized carbons (Fsp3) is 0.200. The molecule has 3 nitrogen and oxygen atoms in total. The van der Waals surface area contributed by atoms with Crippen LogP contribution < -0.4 is 11.3 Å². The lowest BCUT2D eigenvalue weighted by molar-refractivity contribution is 0.537. The zero-order valence-corrected chi connectivity index (χ0v) is 10.6. The van der Waals surface area contributed by atoms with Crippen molar-refractivity contribution in [3.05, 3.63) is 44.5 Å². The molecule has 0 spiro atoms. The monoisotopic (exact) mass is 276 g/mol. The van der Waals surface area contributed by atoms with E-state index in [-0.39, 0.29) is 6.04 Å². The highest BCUT2D eigenvalue weighted by Gasteiger charge is 2.17. The summed E-state index contributed by atoms with van der Waals surface area (Å²) in [6.45, 7) is 0. The third-order valence-corrected chi connectivity index (χ3v) is 3.80. The van der Waals surface area contributed by atoms with Crippen molar-refractivity contribution in [2.24, 2.45) is 5.84 Å². The van der Waals surface area contributed by atoms with Crippen LogP contribution in [0.5, 0.6) is 0 Å². The maximum atomic E-state index is 6.07. The quantitative estimate of drug-likeness (QED) is 0.665. The first kappa shape index (κ1) is 12.0. The summed E-state index contributed by atoms with van der Waals surface area (Å²) in [4.78, 5) is 0. The number of hydrogen-bond acceptors (Lipinski definition) is 4. The van der Waals surface area contributed by atoms with Gasteiger partial charge in [0.25, 0.3) is 0 Å². The Balaban J connectivity index is 2.19. The molecule has 0 saturated heterocycles. The molecule has 2 aromatic heterocycles. The van der Waals surface area contributed by atoms with Crippen molar-refractivity contribution in [1.82, 2.24) is 5.43 Å². The highest BCUT2D eigenvalue weighted by molar-refractivity contribution is 7.20. The van der Waals surface area contributed by atoms with Crippen molar-refractivity contribution in [3.8, 4) is 0 Å². The molecule has 0 radical (unpaired) electrons. The van der Waals surface area contributed by atoms with Gasteiger partial charge in [-0.05, 0) is 24.1 Å². The summed E-state index contributed by atoms with van der Waals surface area (Å²) < 4.78 is 6.33. The zero-order chi connectivity index (χ0) is 11.5. The molecular formula is C10H10Cl2N2OS. The fourth-order valence-corrected chi connectivity index (χ4v) is 3.07. The Kier molecular flexibility index (Phi) is 3.89. The lowest BCUT2D eigenvalue weighted by Crippen LogP contribution is -2.29. The molecule has 3 N–H and O–H groups in total. The molecule has 0 bridgehead atoms. The van der Waals surface area contributed by atoms with Crippen LogP contribution in [0.4, 0.5) is 0 Å². The summed E-state index contributed by atoms with van der Waals surface area (Å²) in [5.74, 6) is 5.52. The smallest absolute Gasteiger partial charge is 0.0992 e. The second-order valence-electron chi connectivity index (χ2n) is 3.33. The minimum Gasteiger partial charge on any atom is -0.472 e. The van der Waals surface area contributed by atoms with Crippen LogP contribution in [0.2, 0.25) is 8.67 Å². The van der Waals surface area contributed by atoms with Crippen LogP contribution in [-0.4, -0.2) is 0 Å². The minimum atomic E-state index is -0.0613. The lowest BCUT2D eigenvalue weighted by atomic mass is 10.0. The molecule has 0 aliphatic heterocycles. The van der Waals surface area contributed by atoms with E-state index < -0.39 is 0 Å². The predicted molar refractivity (Wildman–Crippen MR) is 66.8 cm³/mol. The van der Waals surface area contributed by atoms with Gasteiger partial charge < -0.3 is 4.42 Å². The van der Waals surface area contributed by atoms with Crippen LogP contribution in [0.25, 0.3) is 0 Å². The molecule has 2 rings (SSSR count). The number of rotatable bonds is 4. The number of nitrogens with two attached hydrogens (primary N) is 1. The van der Waals surface area contributed by atoms with Gasteiger partial charge >= 0.3 is 0 Å². The van der Waals surface area contributed by atoms with Gasteiger partial charge in [-0.3, -0.25) is 11.3 Å². The van der Waals surface area contributed by atoms with Gasteiger partial charge in [-0.2, -0.15) is 0 Å². The van der Waals surface area contributed by atoms with Gasteiger partial charge in [-0.15, -0.1) is 11.3 Å². The van der Waals surface area contributed by atoms with E-state index in [0.29, 0.717) is 15.1 Å². The van der Waals surface area contributed by atoms with E-state index in [2.05, 4.69) is 5.43 Å². The van der Waals surface area contributed by atoms with Crippen LogP contribution >= 0.6 is 34.5 Å². The first-order valence-electron chi connectivity index (χ1n) is 4.62. The van der Waals surface area contributed by atoms with Crippen LogP contribution in [0.3, 0.4) is 0 Å². The molecule has 0 aliphatic carbocycles. The van der Waals surface area contributed by atoms with Gasteiger partial charge in [0.15, 0.2) is 0 Å². The Hall–Kier alpha value is -0.520. The summed E-state index contributed by atoms with van der Waals surface area (Å²) in [5.41, 5.74) is 4.71. The number of nitrogens with one attached hydrogen (secondary N) is 1. The van der Waals surface area contributed by atoms with E-state index in [0.717, 1.165) is 11.1 Å². The van der Waals surface area contributed by atoms with E-state index in [4.69, 9.17) is 33.5 Å². The first-order valence-corrected chi connectivity index (χ1v) is 6.20. The largest absolute Gasteiger partial charge is 0.472 e. The van der Waals surface area contributed by atoms with Gasteiger partial charge in [0.05, 0.1) is 27.2 Å². The Morgan fingerprint density at radius 1 is 1.50 bits per heavy atom. The maximum Gasteiger partial charge on any atom is 0.0992 e. The average molecular weight is 277 g/mol. The molecule has 0 aliphatic rings. The zero-order valence-electron chi connectivity index (χ0n) is 8.24. The predicted octanol–water partition coefficient (Wildman–Crippen LogP) is 3.40. The van der Waals surface area contributed by atoms with Crippen molar-refractivity contribution in [2.45, 2.75) is 12.5 Å². The highest BCUT2D eigenvalue weighted by atomic mass is 35.5. The summed E-state index contributed by atoms with van der Waals surface area (Å²) in [6, 6.07) is 3.67. The number of furan rings is 1. The van der Waals surface area contributed by atoms with E-state index in [1.165, 1.54) is 11.3 Å². The summed E-state index contributed by atoms with van der Waals surface area (Å²) in [6.07, 6.45) is 4.02. The van der Waals surface area contributed by atoms with Crippen LogP contribution in [-0.2, 0) is 6.42 Å². The standard InChI is InChI=1S/C10H10Cl2N2OS/c11-9-4-7(10(12)16-9)8(14-13)3-6-1-2-15-5-6/h1-2,4-5,8,14H,3,13H2. The van der Waals surface area contributed by atoms with Gasteiger partial charge in [0.1, 0.15) is 0 Å². The van der Waals surface area contributed by atoms with Crippen molar-refractivity contribution in [1.29, 1.82) is 0 Å². The molecule has 0 saturated carbocycles. The van der Waals surface area contributed by atoms with Gasteiger partial charge in [0, 0.05) is 5.56 Å². The molecule has 0 aromatic carbocycles. The highest BCUT2D eigenvalue weighted by Crippen LogP contribution is 2.35. The van der Waals surface area contributed by atoms with Gasteiger partial charge in [-0.25, -0.2) is 0 Å². The van der Waals surface area contributed by atoms with E-state index in [1.54, 1.807) is 12.5 Å². The Bertz CT molecular complexity index is 455. The van der Waals surface area contributed by atoms with E-state index >= 15 is 0 Å². The van der Waals surface area contributed by atoms with Crippen LogP contribution in [0, 0.1) is 0 Å². The van der Waals surface area contributed by atoms with Crippen LogP contribution in [0.15, 0.2) is 29.1 Å². The second kappa shape index (κ2) is 5.21. The van der Waals surface area contributed by atoms with Crippen molar-refractivity contribution in [3.63, 3.8) is 0 Å². The number of halogens is 2. The molecule has 0 amide bonds. The SMILES string of the molecule is NNC(Cc1ccoc1)c1cc(Cl)sc1Cl. The topological polar surface area (TPSA) is 51.2 Å². The van der Waals surface area contributed by atoms with E-state index in [1.807, 2.05) is 12.1 Å². The molecule has 2 heterocycles. The molecule has 0 fully saturated rings. The van der Waals surface area contributed by atoms with Crippen molar-refractivity contribution >= 4 is 34.5 Å². The summed E-state index contributed by atoms with van der Waals surface area (Å²) >= 11 is 13.3. The van der Waals surface area contributed by atoms with Crippen molar-refractivity contribution < 1.29 is 4.42 Å². The lowest BCUT2D eigenvalue weighted by Gasteiger charge is -2.13. The summed E-state index contributed by atoms with van der Waals surface area (Å²) in [5, 5.41) is 0. The minimum absolute atomic E-state index is 0.0613. The van der Waals surface area contributed by atoms with E-state index in [9.17, 15) is 0 Å². The van der Waals surface area contributed by atoms with Crippen LogP contribution in [0.1, 0.15) is 17.2 Å². The Morgan fingerprint density at radius 2 is 2.31 bits per heavy atom. The third-order valence-electron chi connectivity index (χ3n) is 2.28. The molecular weight excluding hydrogens is 267 g/mol. The molecule has 86 valence electrons. The molecule has 16 heavy (non-hydrogen) atoms. The number of hydrogen-bond donors (Lipinski definition) is 2. The Labute approximate surface area is 107 Å². The summed E-state index contributed by atoms with van der Waals surface area (Å²) in [7, 11) is 0. The third kappa shape index (κ3) is 2.59. The van der Waals surface area contributed by atoms with Gasteiger partial charge in [0.2, 0.25) is 0 Å². The molecule has 2 aromatic rings. The second-order valence-corrected chi connectivity index (χ2v) is 5.62. The molecule has 6 heteroatoms. The first-order chi connectivity index (χ1) is 7.70. The fourth-order valence-electron chi connectivity index (χ4n) is 1.49. The normalized spacial score (nSPS) is 12.9. The average Bonchev–Trinajstić information content (AvgIpc) is 2.85. The Morgan fingerprint density at radius 3 is 2.81 bits per heavy atom. The van der Waals surface area contributed by atoms with Crippen molar-refractivity contribution in [2.75, 3.05) is 0 Å².